The second-order valence-electron chi connectivity index (χ2n) is 6.95. The maximum Gasteiger partial charge on any atom is 0.226 e. The smallest absolute Gasteiger partial charge is 0.226 e. The molecule has 3 heteroatoms. The summed E-state index contributed by atoms with van der Waals surface area (Å²) >= 11 is 0. The van der Waals surface area contributed by atoms with Crippen molar-refractivity contribution >= 4 is 5.91 Å². The SMILES string of the molecule is CCC1(C(=O)NCC2(O)CCCC(C)C2)CCCC1. The average molecular weight is 267 g/mol. The number of hydrogen-bond acceptors (Lipinski definition) is 2. The minimum Gasteiger partial charge on any atom is -0.388 e. The van der Waals surface area contributed by atoms with E-state index in [1.807, 2.05) is 0 Å². The van der Waals surface area contributed by atoms with Gasteiger partial charge in [-0.3, -0.25) is 4.79 Å². The van der Waals surface area contributed by atoms with Gasteiger partial charge in [0, 0.05) is 12.0 Å². The molecule has 0 aliphatic heterocycles. The van der Waals surface area contributed by atoms with Crippen LogP contribution >= 0.6 is 0 Å². The Bertz CT molecular complexity index is 323. The zero-order valence-corrected chi connectivity index (χ0v) is 12.5. The third kappa shape index (κ3) is 3.31. The number of rotatable bonds is 4. The van der Waals surface area contributed by atoms with Crippen molar-refractivity contribution in [1.29, 1.82) is 0 Å². The summed E-state index contributed by atoms with van der Waals surface area (Å²) in [5.74, 6) is 0.751. The standard InChI is InChI=1S/C16H29NO2/c1-3-15(8-4-5-9-15)14(18)17-12-16(19)10-6-7-13(2)11-16/h13,19H,3-12H2,1-2H3,(H,17,18). The molecule has 0 aromatic carbocycles. The van der Waals surface area contributed by atoms with E-state index in [1.54, 1.807) is 0 Å². The van der Waals surface area contributed by atoms with Crippen LogP contribution in [0.25, 0.3) is 0 Å². The van der Waals surface area contributed by atoms with Crippen LogP contribution in [0.15, 0.2) is 0 Å². The lowest BCUT2D eigenvalue weighted by molar-refractivity contribution is -0.132. The van der Waals surface area contributed by atoms with Crippen molar-refractivity contribution in [2.75, 3.05) is 6.54 Å². The minimum absolute atomic E-state index is 0.142. The van der Waals surface area contributed by atoms with E-state index >= 15 is 0 Å². The van der Waals surface area contributed by atoms with E-state index in [9.17, 15) is 9.90 Å². The zero-order chi connectivity index (χ0) is 13.9. The number of amides is 1. The van der Waals surface area contributed by atoms with Gasteiger partial charge in [-0.2, -0.15) is 0 Å². The number of carbonyl (C=O) groups excluding carboxylic acids is 1. The second kappa shape index (κ2) is 5.82. The average Bonchev–Trinajstić information content (AvgIpc) is 2.86. The predicted octanol–water partition coefficient (Wildman–Crippen LogP) is 3.01. The Morgan fingerprint density at radius 3 is 2.53 bits per heavy atom. The molecule has 3 nitrogen and oxygen atoms in total. The van der Waals surface area contributed by atoms with E-state index in [1.165, 1.54) is 19.3 Å². The van der Waals surface area contributed by atoms with E-state index in [2.05, 4.69) is 19.2 Å². The van der Waals surface area contributed by atoms with Crippen molar-refractivity contribution < 1.29 is 9.90 Å². The van der Waals surface area contributed by atoms with Gasteiger partial charge in [-0.15, -0.1) is 0 Å². The molecule has 0 heterocycles. The first kappa shape index (κ1) is 14.8. The van der Waals surface area contributed by atoms with Gasteiger partial charge in [0.2, 0.25) is 5.91 Å². The highest BCUT2D eigenvalue weighted by Crippen LogP contribution is 2.41. The Balaban J connectivity index is 1.89. The summed E-state index contributed by atoms with van der Waals surface area (Å²) in [7, 11) is 0. The van der Waals surface area contributed by atoms with Crippen molar-refractivity contribution in [1.82, 2.24) is 5.32 Å². The van der Waals surface area contributed by atoms with Gasteiger partial charge in [0.1, 0.15) is 0 Å². The molecule has 2 atom stereocenters. The number of carbonyl (C=O) groups is 1. The molecular formula is C16H29NO2. The van der Waals surface area contributed by atoms with Crippen LogP contribution < -0.4 is 5.32 Å². The largest absolute Gasteiger partial charge is 0.388 e. The molecule has 2 aliphatic carbocycles. The molecule has 2 aliphatic rings. The molecule has 0 aromatic rings. The number of aliphatic hydroxyl groups is 1. The number of nitrogens with one attached hydrogen (secondary N) is 1. The van der Waals surface area contributed by atoms with Gasteiger partial charge < -0.3 is 10.4 Å². The molecular weight excluding hydrogens is 238 g/mol. The zero-order valence-electron chi connectivity index (χ0n) is 12.5. The molecule has 0 saturated heterocycles. The molecule has 2 saturated carbocycles. The highest BCUT2D eigenvalue weighted by Gasteiger charge is 2.40. The first-order valence-electron chi connectivity index (χ1n) is 8.00. The van der Waals surface area contributed by atoms with E-state index in [0.717, 1.165) is 38.5 Å². The van der Waals surface area contributed by atoms with E-state index in [0.29, 0.717) is 12.5 Å². The highest BCUT2D eigenvalue weighted by molar-refractivity contribution is 5.82. The molecule has 19 heavy (non-hydrogen) atoms. The number of hydrogen-bond donors (Lipinski definition) is 2. The summed E-state index contributed by atoms with van der Waals surface area (Å²) in [5, 5.41) is 13.6. The first-order chi connectivity index (χ1) is 9.00. The normalized spacial score (nSPS) is 34.2. The fourth-order valence-electron chi connectivity index (χ4n) is 4.02. The van der Waals surface area contributed by atoms with Crippen LogP contribution in [-0.4, -0.2) is 23.2 Å². The maximum absolute atomic E-state index is 12.4. The fourth-order valence-corrected chi connectivity index (χ4v) is 4.02. The third-order valence-electron chi connectivity index (χ3n) is 5.36. The molecule has 2 fully saturated rings. The van der Waals surface area contributed by atoms with Crippen LogP contribution in [0, 0.1) is 11.3 Å². The Labute approximate surface area is 117 Å². The lowest BCUT2D eigenvalue weighted by atomic mass is 9.78. The van der Waals surface area contributed by atoms with Crippen LogP contribution in [0.4, 0.5) is 0 Å². The summed E-state index contributed by atoms with van der Waals surface area (Å²) < 4.78 is 0. The van der Waals surface area contributed by atoms with E-state index in [-0.39, 0.29) is 11.3 Å². The topological polar surface area (TPSA) is 49.3 Å². The molecule has 0 spiro atoms. The molecule has 2 rings (SSSR count). The molecule has 2 unspecified atom stereocenters. The lowest BCUT2D eigenvalue weighted by Gasteiger charge is -2.37. The second-order valence-corrected chi connectivity index (χ2v) is 6.95. The Hall–Kier alpha value is -0.570. The van der Waals surface area contributed by atoms with Gasteiger partial charge >= 0.3 is 0 Å². The summed E-state index contributed by atoms with van der Waals surface area (Å²) in [6.07, 6.45) is 9.23. The highest BCUT2D eigenvalue weighted by atomic mass is 16.3. The van der Waals surface area contributed by atoms with Crippen LogP contribution in [0.3, 0.4) is 0 Å². The fraction of sp³-hybridized carbons (Fsp3) is 0.938. The predicted molar refractivity (Wildman–Crippen MR) is 76.8 cm³/mol. The minimum atomic E-state index is -0.666. The molecule has 2 N–H and O–H groups in total. The van der Waals surface area contributed by atoms with Crippen LogP contribution in [0.2, 0.25) is 0 Å². The lowest BCUT2D eigenvalue weighted by Crippen LogP contribution is -2.49. The van der Waals surface area contributed by atoms with Gasteiger partial charge in [0.05, 0.1) is 5.60 Å². The van der Waals surface area contributed by atoms with E-state index < -0.39 is 5.60 Å². The quantitative estimate of drug-likeness (QED) is 0.822. The first-order valence-corrected chi connectivity index (χ1v) is 8.00. The third-order valence-corrected chi connectivity index (χ3v) is 5.36. The molecule has 110 valence electrons. The van der Waals surface area contributed by atoms with Gasteiger partial charge in [-0.1, -0.05) is 39.5 Å². The Kier molecular flexibility index (Phi) is 4.54. The van der Waals surface area contributed by atoms with E-state index in [4.69, 9.17) is 0 Å². The van der Waals surface area contributed by atoms with Crippen molar-refractivity contribution in [2.24, 2.45) is 11.3 Å². The molecule has 0 bridgehead atoms. The molecule has 1 amide bonds. The van der Waals surface area contributed by atoms with Crippen molar-refractivity contribution in [3.63, 3.8) is 0 Å². The molecule has 0 aromatic heterocycles. The molecule has 0 radical (unpaired) electrons. The van der Waals surface area contributed by atoms with Crippen molar-refractivity contribution in [2.45, 2.75) is 77.2 Å². The summed E-state index contributed by atoms with van der Waals surface area (Å²) in [5.41, 5.74) is -0.808. The van der Waals surface area contributed by atoms with Crippen molar-refractivity contribution in [3.05, 3.63) is 0 Å². The van der Waals surface area contributed by atoms with Crippen LogP contribution in [0.1, 0.15) is 71.6 Å². The van der Waals surface area contributed by atoms with Gasteiger partial charge in [-0.25, -0.2) is 0 Å². The summed E-state index contributed by atoms with van der Waals surface area (Å²) in [6.45, 7) is 4.75. The maximum atomic E-state index is 12.4. The monoisotopic (exact) mass is 267 g/mol. The Morgan fingerprint density at radius 1 is 1.26 bits per heavy atom. The summed E-state index contributed by atoms with van der Waals surface area (Å²) in [6, 6.07) is 0. The van der Waals surface area contributed by atoms with Gasteiger partial charge in [0.25, 0.3) is 0 Å². The van der Waals surface area contributed by atoms with Crippen molar-refractivity contribution in [3.8, 4) is 0 Å². The van der Waals surface area contributed by atoms with Crippen LogP contribution in [0.5, 0.6) is 0 Å². The Morgan fingerprint density at radius 2 is 1.95 bits per heavy atom. The van der Waals surface area contributed by atoms with Gasteiger partial charge in [-0.05, 0) is 38.0 Å². The van der Waals surface area contributed by atoms with Crippen LogP contribution in [-0.2, 0) is 4.79 Å². The van der Waals surface area contributed by atoms with Gasteiger partial charge in [0.15, 0.2) is 0 Å². The summed E-state index contributed by atoms with van der Waals surface area (Å²) in [4.78, 5) is 12.4.